The zero-order valence-corrected chi connectivity index (χ0v) is 18.6. The number of hydrogen-bond acceptors (Lipinski definition) is 4. The number of alkyl carbamates (subject to hydrolysis) is 1. The molecule has 2 N–H and O–H groups in total. The number of rotatable bonds is 6. The molecule has 2 amide bonds. The molecule has 0 radical (unpaired) electrons. The number of likely N-dealkylation sites (tertiary alicyclic amines) is 1. The maximum Gasteiger partial charge on any atom is 0.407 e. The Morgan fingerprint density at radius 2 is 1.76 bits per heavy atom. The normalized spacial score (nSPS) is 23.7. The molecule has 33 heavy (non-hydrogen) atoms. The number of carboxylic acids is 1. The Labute approximate surface area is 192 Å². The van der Waals surface area contributed by atoms with Crippen LogP contribution in [0.2, 0.25) is 0 Å². The molecular formula is C26H28N2O5. The maximum absolute atomic E-state index is 13.2. The van der Waals surface area contributed by atoms with Gasteiger partial charge in [0.25, 0.3) is 0 Å². The Morgan fingerprint density at radius 3 is 2.36 bits per heavy atom. The summed E-state index contributed by atoms with van der Waals surface area (Å²) < 4.78 is 5.58. The number of benzene rings is 2. The molecular weight excluding hydrogens is 420 g/mol. The second-order valence-electron chi connectivity index (χ2n) is 9.19. The fourth-order valence-electron chi connectivity index (χ4n) is 5.68. The summed E-state index contributed by atoms with van der Waals surface area (Å²) in [6, 6.07) is 15.4. The van der Waals surface area contributed by atoms with Crippen molar-refractivity contribution in [3.63, 3.8) is 0 Å². The van der Waals surface area contributed by atoms with Crippen molar-refractivity contribution in [2.24, 2.45) is 5.92 Å². The van der Waals surface area contributed by atoms with Gasteiger partial charge in [0.15, 0.2) is 0 Å². The van der Waals surface area contributed by atoms with Crippen molar-refractivity contribution < 1.29 is 24.2 Å². The summed E-state index contributed by atoms with van der Waals surface area (Å²) in [6.45, 7) is 2.37. The van der Waals surface area contributed by atoms with E-state index >= 15 is 0 Å². The first-order chi connectivity index (χ1) is 16.0. The minimum atomic E-state index is -1.09. The van der Waals surface area contributed by atoms with Crippen LogP contribution in [0.5, 0.6) is 0 Å². The van der Waals surface area contributed by atoms with E-state index in [2.05, 4.69) is 17.4 Å². The molecule has 7 nitrogen and oxygen atoms in total. The highest BCUT2D eigenvalue weighted by atomic mass is 16.5. The smallest absolute Gasteiger partial charge is 0.407 e. The van der Waals surface area contributed by atoms with Crippen LogP contribution in [-0.4, -0.2) is 52.7 Å². The quantitative estimate of drug-likeness (QED) is 0.701. The Hall–Kier alpha value is -3.35. The van der Waals surface area contributed by atoms with Crippen molar-refractivity contribution in [2.75, 3.05) is 13.2 Å². The van der Waals surface area contributed by atoms with Crippen LogP contribution < -0.4 is 5.32 Å². The molecule has 2 aliphatic carbocycles. The van der Waals surface area contributed by atoms with E-state index in [1.54, 1.807) is 6.92 Å². The van der Waals surface area contributed by atoms with E-state index in [1.165, 1.54) is 4.90 Å². The van der Waals surface area contributed by atoms with Crippen molar-refractivity contribution in [1.29, 1.82) is 0 Å². The number of nitrogens with zero attached hydrogens (tertiary/aromatic N) is 1. The molecule has 2 aromatic rings. The number of carbonyl (C=O) groups is 3. The molecule has 1 aliphatic heterocycles. The molecule has 2 aromatic carbocycles. The van der Waals surface area contributed by atoms with Gasteiger partial charge in [0.2, 0.25) is 5.91 Å². The number of amides is 2. The third kappa shape index (κ3) is 3.46. The lowest BCUT2D eigenvalue weighted by molar-refractivity contribution is -0.155. The second kappa shape index (κ2) is 8.21. The average Bonchev–Trinajstić information content (AvgIpc) is 3.52. The first-order valence-corrected chi connectivity index (χ1v) is 11.6. The van der Waals surface area contributed by atoms with Gasteiger partial charge in [-0.25, -0.2) is 9.59 Å². The van der Waals surface area contributed by atoms with Gasteiger partial charge in [-0.3, -0.25) is 4.79 Å². The highest BCUT2D eigenvalue weighted by molar-refractivity contribution is 5.94. The monoisotopic (exact) mass is 448 g/mol. The van der Waals surface area contributed by atoms with E-state index in [0.717, 1.165) is 35.1 Å². The molecule has 3 atom stereocenters. The van der Waals surface area contributed by atoms with Crippen molar-refractivity contribution in [1.82, 2.24) is 10.2 Å². The minimum absolute atomic E-state index is 0.0136. The van der Waals surface area contributed by atoms with E-state index in [4.69, 9.17) is 4.74 Å². The van der Waals surface area contributed by atoms with Gasteiger partial charge in [-0.2, -0.15) is 0 Å². The topological polar surface area (TPSA) is 95.9 Å². The van der Waals surface area contributed by atoms with E-state index in [1.807, 2.05) is 36.4 Å². The lowest BCUT2D eigenvalue weighted by atomic mass is 9.98. The number of nitrogens with one attached hydrogen (secondary N) is 1. The number of ether oxygens (including phenoxy) is 1. The van der Waals surface area contributed by atoms with Crippen LogP contribution in [0.1, 0.15) is 49.7 Å². The molecule has 172 valence electrons. The van der Waals surface area contributed by atoms with Gasteiger partial charge in [-0.1, -0.05) is 55.5 Å². The third-order valence-corrected chi connectivity index (χ3v) is 7.47. The van der Waals surface area contributed by atoms with Crippen LogP contribution >= 0.6 is 0 Å². The fraction of sp³-hybridized carbons (Fsp3) is 0.423. The minimum Gasteiger partial charge on any atom is -0.479 e. The Bertz CT molecular complexity index is 1070. The third-order valence-electron chi connectivity index (χ3n) is 7.47. The molecule has 0 bridgehead atoms. The lowest BCUT2D eigenvalue weighted by Gasteiger charge is -2.36. The van der Waals surface area contributed by atoms with Crippen LogP contribution in [0.3, 0.4) is 0 Å². The summed E-state index contributed by atoms with van der Waals surface area (Å²) in [5.74, 6) is -1.34. The van der Waals surface area contributed by atoms with Crippen LogP contribution in [-0.2, 0) is 14.3 Å². The predicted molar refractivity (Wildman–Crippen MR) is 122 cm³/mol. The molecule has 0 aromatic heterocycles. The predicted octanol–water partition coefficient (Wildman–Crippen LogP) is 3.77. The summed E-state index contributed by atoms with van der Waals surface area (Å²) in [7, 11) is 0. The summed E-state index contributed by atoms with van der Waals surface area (Å²) in [5.41, 5.74) is 3.43. The molecule has 2 fully saturated rings. The van der Waals surface area contributed by atoms with Gasteiger partial charge >= 0.3 is 12.1 Å². The molecule has 1 saturated heterocycles. The van der Waals surface area contributed by atoms with Crippen LogP contribution in [0.4, 0.5) is 4.79 Å². The Kier molecular flexibility index (Phi) is 5.35. The fourth-order valence-corrected chi connectivity index (χ4v) is 5.68. The number of fused-ring (bicyclic) bond motifs is 4. The molecule has 1 saturated carbocycles. The summed E-state index contributed by atoms with van der Waals surface area (Å²) in [4.78, 5) is 39.2. The van der Waals surface area contributed by atoms with Crippen molar-refractivity contribution in [2.45, 2.75) is 50.1 Å². The number of carboxylic acid groups (broad SMARTS) is 1. The summed E-state index contributed by atoms with van der Waals surface area (Å²) >= 11 is 0. The summed E-state index contributed by atoms with van der Waals surface area (Å²) in [5, 5.41) is 12.4. The molecule has 0 unspecified atom stereocenters. The number of carbonyl (C=O) groups excluding carboxylic acids is 2. The first kappa shape index (κ1) is 21.5. The Morgan fingerprint density at radius 1 is 1.12 bits per heavy atom. The molecule has 1 heterocycles. The highest BCUT2D eigenvalue weighted by Crippen LogP contribution is 2.54. The van der Waals surface area contributed by atoms with E-state index < -0.39 is 23.6 Å². The zero-order chi connectivity index (χ0) is 23.2. The SMILES string of the molecule is CC[C@@H](NC(=O)OCC1c2ccccc2-c2ccccc21)C(=O)N1CCC[C@@H]2C[C@@]21C(=O)O. The molecule has 5 rings (SSSR count). The van der Waals surface area contributed by atoms with Crippen molar-refractivity contribution in [3.8, 4) is 11.1 Å². The second-order valence-corrected chi connectivity index (χ2v) is 9.19. The van der Waals surface area contributed by atoms with Gasteiger partial charge in [-0.15, -0.1) is 0 Å². The molecule has 3 aliphatic rings. The van der Waals surface area contributed by atoms with E-state index in [0.29, 0.717) is 19.4 Å². The van der Waals surface area contributed by atoms with Crippen molar-refractivity contribution >= 4 is 18.0 Å². The van der Waals surface area contributed by atoms with Crippen LogP contribution in [0, 0.1) is 5.92 Å². The van der Waals surface area contributed by atoms with Gasteiger partial charge in [-0.05, 0) is 53.9 Å². The highest BCUT2D eigenvalue weighted by Gasteiger charge is 2.67. The standard InChI is InChI=1S/C26H28N2O5/c1-2-22(23(29)28-13-7-8-16-14-26(16,28)24(30)31)27-25(32)33-15-21-19-11-5-3-9-17(19)18-10-4-6-12-20(18)21/h3-6,9-12,16,21-22H,2,7-8,13-15H2,1H3,(H,27,32)(H,30,31)/t16-,22-,26+/m1/s1. The lowest BCUT2D eigenvalue weighted by Crippen LogP contribution is -2.57. The van der Waals surface area contributed by atoms with Gasteiger partial charge in [0.05, 0.1) is 0 Å². The average molecular weight is 449 g/mol. The number of aliphatic carboxylic acids is 1. The molecule has 7 heteroatoms. The van der Waals surface area contributed by atoms with Gasteiger partial charge in [0, 0.05) is 12.5 Å². The van der Waals surface area contributed by atoms with Gasteiger partial charge in [0.1, 0.15) is 18.2 Å². The summed E-state index contributed by atoms with van der Waals surface area (Å²) in [6.07, 6.45) is 1.81. The number of piperidine rings is 1. The first-order valence-electron chi connectivity index (χ1n) is 11.6. The maximum atomic E-state index is 13.2. The Balaban J connectivity index is 1.25. The zero-order valence-electron chi connectivity index (χ0n) is 18.6. The van der Waals surface area contributed by atoms with Crippen molar-refractivity contribution in [3.05, 3.63) is 59.7 Å². The number of hydrogen-bond donors (Lipinski definition) is 2. The van der Waals surface area contributed by atoms with Crippen LogP contribution in [0.25, 0.3) is 11.1 Å². The largest absolute Gasteiger partial charge is 0.479 e. The van der Waals surface area contributed by atoms with E-state index in [9.17, 15) is 19.5 Å². The van der Waals surface area contributed by atoms with E-state index in [-0.39, 0.29) is 24.3 Å². The molecule has 0 spiro atoms. The van der Waals surface area contributed by atoms with Crippen LogP contribution in [0.15, 0.2) is 48.5 Å². The van der Waals surface area contributed by atoms with Gasteiger partial charge < -0.3 is 20.1 Å².